The summed E-state index contributed by atoms with van der Waals surface area (Å²) in [6, 6.07) is 20.8. The van der Waals surface area contributed by atoms with Crippen LogP contribution in [-0.2, 0) is 0 Å². The highest BCUT2D eigenvalue weighted by Gasteiger charge is 2.17. The van der Waals surface area contributed by atoms with E-state index in [4.69, 9.17) is 14.6 Å². The number of carbonyl (C=O) groups is 1. The fourth-order valence-electron chi connectivity index (χ4n) is 3.25. The number of allylic oxidation sites excluding steroid dienone is 1. The molecule has 0 fully saturated rings. The van der Waals surface area contributed by atoms with Gasteiger partial charge in [-0.1, -0.05) is 24.3 Å². The minimum Gasteiger partial charge on any atom is -0.454 e. The highest BCUT2D eigenvalue weighted by molar-refractivity contribution is 6.05. The standard InChI is InChI=1S/C24H17N3O3/c28-21(20-8-4-5-13-25-20)11-9-18-15-27(19-6-2-1-3-7-19)26-24(18)17-10-12-22-23(14-17)30-16-29-22/h1-15H,16H2/b11-9+. The van der Waals surface area contributed by atoms with E-state index in [1.165, 1.54) is 6.08 Å². The fraction of sp³-hybridized carbons (Fsp3) is 0.0417. The van der Waals surface area contributed by atoms with Gasteiger partial charge >= 0.3 is 0 Å². The zero-order valence-corrected chi connectivity index (χ0v) is 15.9. The summed E-state index contributed by atoms with van der Waals surface area (Å²) >= 11 is 0. The molecule has 146 valence electrons. The van der Waals surface area contributed by atoms with Crippen molar-refractivity contribution in [1.29, 1.82) is 0 Å². The Bertz CT molecular complexity index is 1230. The fourth-order valence-corrected chi connectivity index (χ4v) is 3.25. The highest BCUT2D eigenvalue weighted by Crippen LogP contribution is 2.36. The summed E-state index contributed by atoms with van der Waals surface area (Å²) in [5, 5.41) is 4.77. The lowest BCUT2D eigenvalue weighted by Crippen LogP contribution is -1.96. The molecule has 0 aliphatic carbocycles. The number of para-hydroxylation sites is 1. The number of hydrogen-bond donors (Lipinski definition) is 0. The van der Waals surface area contributed by atoms with Crippen LogP contribution in [0.2, 0.25) is 0 Å². The molecule has 0 spiro atoms. The number of aromatic nitrogens is 3. The van der Waals surface area contributed by atoms with Gasteiger partial charge in [-0.3, -0.25) is 9.78 Å². The van der Waals surface area contributed by atoms with Crippen LogP contribution in [0.3, 0.4) is 0 Å². The van der Waals surface area contributed by atoms with Crippen molar-refractivity contribution in [3.05, 3.63) is 96.5 Å². The molecule has 0 radical (unpaired) electrons. The maximum atomic E-state index is 12.5. The zero-order chi connectivity index (χ0) is 20.3. The summed E-state index contributed by atoms with van der Waals surface area (Å²) in [4.78, 5) is 16.6. The Morgan fingerprint density at radius 1 is 0.967 bits per heavy atom. The maximum absolute atomic E-state index is 12.5. The first kappa shape index (κ1) is 17.9. The molecule has 5 rings (SSSR count). The van der Waals surface area contributed by atoms with Crippen molar-refractivity contribution in [3.8, 4) is 28.4 Å². The second-order valence-corrected chi connectivity index (χ2v) is 6.69. The summed E-state index contributed by atoms with van der Waals surface area (Å²) in [6.07, 6.45) is 6.79. The third-order valence-corrected chi connectivity index (χ3v) is 4.74. The van der Waals surface area contributed by atoms with Crippen LogP contribution in [0.4, 0.5) is 0 Å². The number of pyridine rings is 1. The van der Waals surface area contributed by atoms with Crippen LogP contribution in [-0.4, -0.2) is 27.3 Å². The van der Waals surface area contributed by atoms with Crippen molar-refractivity contribution >= 4 is 11.9 Å². The summed E-state index contributed by atoms with van der Waals surface area (Å²) in [5.74, 6) is 1.23. The first-order chi connectivity index (χ1) is 14.8. The molecule has 4 aromatic rings. The van der Waals surface area contributed by atoms with Gasteiger partial charge < -0.3 is 9.47 Å². The average molecular weight is 395 g/mol. The molecule has 2 aromatic carbocycles. The molecule has 0 amide bonds. The second kappa shape index (κ2) is 7.67. The van der Waals surface area contributed by atoms with E-state index >= 15 is 0 Å². The van der Waals surface area contributed by atoms with Crippen LogP contribution in [0, 0.1) is 0 Å². The van der Waals surface area contributed by atoms with Crippen LogP contribution in [0.1, 0.15) is 16.1 Å². The molecule has 2 aromatic heterocycles. The second-order valence-electron chi connectivity index (χ2n) is 6.69. The molecule has 0 bridgehead atoms. The lowest BCUT2D eigenvalue weighted by Gasteiger charge is -2.02. The molecular formula is C24H17N3O3. The molecule has 0 saturated carbocycles. The third-order valence-electron chi connectivity index (χ3n) is 4.74. The van der Waals surface area contributed by atoms with Gasteiger partial charge in [0.15, 0.2) is 11.5 Å². The van der Waals surface area contributed by atoms with Gasteiger partial charge in [0, 0.05) is 23.5 Å². The number of benzene rings is 2. The van der Waals surface area contributed by atoms with Crippen molar-refractivity contribution in [2.75, 3.05) is 6.79 Å². The first-order valence-corrected chi connectivity index (χ1v) is 9.46. The Balaban J connectivity index is 1.56. The molecule has 0 atom stereocenters. The van der Waals surface area contributed by atoms with E-state index in [9.17, 15) is 4.79 Å². The SMILES string of the molecule is O=C(/C=C/c1cn(-c2ccccc2)nc1-c1ccc2c(c1)OCO2)c1ccccn1. The Morgan fingerprint density at radius 2 is 1.80 bits per heavy atom. The molecule has 1 aliphatic rings. The normalized spacial score (nSPS) is 12.4. The minimum absolute atomic E-state index is 0.167. The number of ether oxygens (including phenoxy) is 2. The van der Waals surface area contributed by atoms with Crippen LogP contribution in [0.5, 0.6) is 11.5 Å². The Labute approximate surface area is 173 Å². The third kappa shape index (κ3) is 3.46. The smallest absolute Gasteiger partial charge is 0.231 e. The Kier molecular flexibility index (Phi) is 4.57. The molecule has 1 aliphatic heterocycles. The molecule has 0 N–H and O–H groups in total. The van der Waals surface area contributed by atoms with Crippen molar-refractivity contribution in [2.24, 2.45) is 0 Å². The van der Waals surface area contributed by atoms with E-state index in [0.717, 1.165) is 22.5 Å². The van der Waals surface area contributed by atoms with E-state index in [1.54, 1.807) is 35.2 Å². The van der Waals surface area contributed by atoms with Crippen LogP contribution in [0.15, 0.2) is 85.2 Å². The number of carbonyl (C=O) groups excluding carboxylic acids is 1. The number of rotatable bonds is 5. The lowest BCUT2D eigenvalue weighted by molar-refractivity contribution is 0.104. The number of fused-ring (bicyclic) bond motifs is 1. The molecule has 3 heterocycles. The van der Waals surface area contributed by atoms with Crippen LogP contribution in [0.25, 0.3) is 23.0 Å². The van der Waals surface area contributed by atoms with Crippen molar-refractivity contribution in [2.45, 2.75) is 0 Å². The highest BCUT2D eigenvalue weighted by atomic mass is 16.7. The van der Waals surface area contributed by atoms with E-state index < -0.39 is 0 Å². The molecular weight excluding hydrogens is 378 g/mol. The number of ketones is 1. The predicted molar refractivity (Wildman–Crippen MR) is 113 cm³/mol. The Hall–Kier alpha value is -4.19. The van der Waals surface area contributed by atoms with Crippen LogP contribution >= 0.6 is 0 Å². The lowest BCUT2D eigenvalue weighted by atomic mass is 10.1. The number of nitrogens with zero attached hydrogens (tertiary/aromatic N) is 3. The minimum atomic E-state index is -0.167. The molecule has 0 unspecified atom stereocenters. The van der Waals surface area contributed by atoms with Gasteiger partial charge in [0.1, 0.15) is 11.4 Å². The van der Waals surface area contributed by atoms with Crippen molar-refractivity contribution < 1.29 is 14.3 Å². The van der Waals surface area contributed by atoms with Crippen molar-refractivity contribution in [1.82, 2.24) is 14.8 Å². The topological polar surface area (TPSA) is 66.2 Å². The predicted octanol–water partition coefficient (Wildman–Crippen LogP) is 4.56. The average Bonchev–Trinajstić information content (AvgIpc) is 3.45. The van der Waals surface area contributed by atoms with Crippen LogP contribution < -0.4 is 9.47 Å². The molecule has 6 heteroatoms. The Morgan fingerprint density at radius 3 is 2.63 bits per heavy atom. The summed E-state index contributed by atoms with van der Waals surface area (Å²) in [7, 11) is 0. The molecule has 0 saturated heterocycles. The monoisotopic (exact) mass is 395 g/mol. The van der Waals surface area contributed by atoms with E-state index in [-0.39, 0.29) is 12.6 Å². The van der Waals surface area contributed by atoms with Gasteiger partial charge in [-0.25, -0.2) is 4.68 Å². The maximum Gasteiger partial charge on any atom is 0.231 e. The van der Waals surface area contributed by atoms with E-state index in [2.05, 4.69) is 4.98 Å². The first-order valence-electron chi connectivity index (χ1n) is 9.46. The van der Waals surface area contributed by atoms with Gasteiger partial charge in [-0.15, -0.1) is 0 Å². The summed E-state index contributed by atoms with van der Waals surface area (Å²) in [6.45, 7) is 0.211. The summed E-state index contributed by atoms with van der Waals surface area (Å²) in [5.41, 5.74) is 3.74. The van der Waals surface area contributed by atoms with Crippen molar-refractivity contribution in [3.63, 3.8) is 0 Å². The largest absolute Gasteiger partial charge is 0.454 e. The van der Waals surface area contributed by atoms with Gasteiger partial charge in [0.25, 0.3) is 0 Å². The number of hydrogen-bond acceptors (Lipinski definition) is 5. The molecule has 6 nitrogen and oxygen atoms in total. The van der Waals surface area contributed by atoms with E-state index in [0.29, 0.717) is 17.2 Å². The zero-order valence-electron chi connectivity index (χ0n) is 15.9. The van der Waals surface area contributed by atoms with Gasteiger partial charge in [0.05, 0.1) is 5.69 Å². The molecule has 30 heavy (non-hydrogen) atoms. The van der Waals surface area contributed by atoms with Gasteiger partial charge in [-0.05, 0) is 54.6 Å². The van der Waals surface area contributed by atoms with E-state index in [1.807, 2.05) is 54.7 Å². The summed E-state index contributed by atoms with van der Waals surface area (Å²) < 4.78 is 12.7. The quantitative estimate of drug-likeness (QED) is 0.366. The van der Waals surface area contributed by atoms with Gasteiger partial charge in [-0.2, -0.15) is 5.10 Å². The van der Waals surface area contributed by atoms with Gasteiger partial charge in [0.2, 0.25) is 12.6 Å².